The van der Waals surface area contributed by atoms with Gasteiger partial charge in [0.25, 0.3) is 0 Å². The van der Waals surface area contributed by atoms with Crippen LogP contribution in [0.1, 0.15) is 25.0 Å². The smallest absolute Gasteiger partial charge is 0.248 e. The summed E-state index contributed by atoms with van der Waals surface area (Å²) in [5.41, 5.74) is 6.02. The van der Waals surface area contributed by atoms with Gasteiger partial charge in [-0.3, -0.25) is 4.79 Å². The molecule has 4 aromatic rings. The molecule has 0 atom stereocenters. The highest BCUT2D eigenvalue weighted by Crippen LogP contribution is 2.37. The van der Waals surface area contributed by atoms with Gasteiger partial charge in [0.05, 0.1) is 12.9 Å². The largest absolute Gasteiger partial charge is 0.493 e. The topological polar surface area (TPSA) is 51.5 Å². The molecular formula is C27H24FNO3. The average molecular weight is 429 g/mol. The quantitative estimate of drug-likeness (QED) is 0.336. The number of fused-ring (bicyclic) bond motifs is 1. The van der Waals surface area contributed by atoms with Crippen LogP contribution in [0.25, 0.3) is 27.7 Å². The van der Waals surface area contributed by atoms with Crippen LogP contribution < -0.4 is 10.1 Å². The Labute approximate surface area is 186 Å². The van der Waals surface area contributed by atoms with Crippen molar-refractivity contribution < 1.29 is 18.3 Å². The Morgan fingerprint density at radius 2 is 1.81 bits per heavy atom. The van der Waals surface area contributed by atoms with Crippen LogP contribution in [0, 0.1) is 12.7 Å². The highest BCUT2D eigenvalue weighted by molar-refractivity contribution is 6.05. The van der Waals surface area contributed by atoms with E-state index in [-0.39, 0.29) is 11.7 Å². The summed E-state index contributed by atoms with van der Waals surface area (Å²) >= 11 is 0. The Balaban J connectivity index is 1.71. The number of carbonyl (C=O) groups is 1. The second-order valence-electron chi connectivity index (χ2n) is 7.62. The number of benzene rings is 3. The van der Waals surface area contributed by atoms with E-state index >= 15 is 0 Å². The summed E-state index contributed by atoms with van der Waals surface area (Å²) in [6.07, 6.45) is 3.26. The maximum atomic E-state index is 13.1. The Kier molecular flexibility index (Phi) is 6.08. The molecule has 0 aliphatic rings. The molecule has 1 amide bonds. The molecule has 0 aliphatic heterocycles. The van der Waals surface area contributed by atoms with Crippen LogP contribution in [-0.4, -0.2) is 12.5 Å². The Morgan fingerprint density at radius 3 is 2.50 bits per heavy atom. The first-order valence-corrected chi connectivity index (χ1v) is 10.4. The number of anilines is 1. The summed E-state index contributed by atoms with van der Waals surface area (Å²) in [6.45, 7) is 6.31. The molecule has 3 aromatic carbocycles. The number of hydrogen-bond donors (Lipinski definition) is 1. The minimum atomic E-state index is -0.353. The van der Waals surface area contributed by atoms with Crippen LogP contribution in [0.15, 0.2) is 77.4 Å². The first-order valence-electron chi connectivity index (χ1n) is 10.4. The molecule has 4 nitrogen and oxygen atoms in total. The zero-order valence-corrected chi connectivity index (χ0v) is 18.2. The molecule has 0 saturated heterocycles. The maximum absolute atomic E-state index is 13.1. The van der Waals surface area contributed by atoms with Crippen molar-refractivity contribution in [1.82, 2.24) is 0 Å². The van der Waals surface area contributed by atoms with E-state index in [4.69, 9.17) is 9.15 Å². The number of hydrogen-bond acceptors (Lipinski definition) is 3. The van der Waals surface area contributed by atoms with Crippen molar-refractivity contribution in [2.24, 2.45) is 0 Å². The van der Waals surface area contributed by atoms with E-state index < -0.39 is 0 Å². The standard InChI is InChI=1S/C27H24FNO3/c1-4-31-25-15-26-23(24(16-32-26)19-7-5-17(2)6-8-19)14-22(25)18(3)13-27(30)29-21-11-9-20(28)10-12-21/h5-16H,4H2,1-3H3,(H,29,30)/b18-13+. The normalized spacial score (nSPS) is 11.6. The average Bonchev–Trinajstić information content (AvgIpc) is 3.18. The van der Waals surface area contributed by atoms with Crippen molar-refractivity contribution in [3.8, 4) is 16.9 Å². The Morgan fingerprint density at radius 1 is 1.09 bits per heavy atom. The monoisotopic (exact) mass is 429 g/mol. The van der Waals surface area contributed by atoms with Gasteiger partial charge >= 0.3 is 0 Å². The van der Waals surface area contributed by atoms with Gasteiger partial charge in [0, 0.05) is 34.3 Å². The van der Waals surface area contributed by atoms with Gasteiger partial charge in [0.2, 0.25) is 5.91 Å². The molecule has 0 saturated carbocycles. The molecule has 0 spiro atoms. The first kappa shape index (κ1) is 21.4. The van der Waals surface area contributed by atoms with Gasteiger partial charge in [-0.15, -0.1) is 0 Å². The van der Waals surface area contributed by atoms with Gasteiger partial charge in [-0.2, -0.15) is 0 Å². The third-order valence-electron chi connectivity index (χ3n) is 5.22. The van der Waals surface area contributed by atoms with Gasteiger partial charge in [-0.1, -0.05) is 29.8 Å². The summed E-state index contributed by atoms with van der Waals surface area (Å²) < 4.78 is 24.8. The minimum Gasteiger partial charge on any atom is -0.493 e. The molecule has 1 heterocycles. The van der Waals surface area contributed by atoms with Crippen molar-refractivity contribution in [3.63, 3.8) is 0 Å². The number of amides is 1. The van der Waals surface area contributed by atoms with Gasteiger partial charge < -0.3 is 14.5 Å². The molecule has 1 N–H and O–H groups in total. The predicted molar refractivity (Wildman–Crippen MR) is 126 cm³/mol. The van der Waals surface area contributed by atoms with E-state index in [2.05, 4.69) is 36.5 Å². The van der Waals surface area contributed by atoms with Crippen LogP contribution in [0.5, 0.6) is 5.75 Å². The fourth-order valence-corrected chi connectivity index (χ4v) is 3.58. The van der Waals surface area contributed by atoms with Crippen LogP contribution in [-0.2, 0) is 4.79 Å². The zero-order valence-electron chi connectivity index (χ0n) is 18.2. The lowest BCUT2D eigenvalue weighted by atomic mass is 9.98. The lowest BCUT2D eigenvalue weighted by Gasteiger charge is -2.12. The number of aryl methyl sites for hydroxylation is 1. The number of allylic oxidation sites excluding steroid dienone is 1. The van der Waals surface area contributed by atoms with Crippen LogP contribution >= 0.6 is 0 Å². The van der Waals surface area contributed by atoms with Gasteiger partial charge in [-0.25, -0.2) is 4.39 Å². The molecule has 1 aromatic heterocycles. The lowest BCUT2D eigenvalue weighted by molar-refractivity contribution is -0.111. The fourth-order valence-electron chi connectivity index (χ4n) is 3.58. The number of carbonyl (C=O) groups excluding carboxylic acids is 1. The number of nitrogens with one attached hydrogen (secondary N) is 1. The van der Waals surface area contributed by atoms with Crippen molar-refractivity contribution in [2.45, 2.75) is 20.8 Å². The molecule has 0 aliphatic carbocycles. The number of rotatable bonds is 6. The summed E-state index contributed by atoms with van der Waals surface area (Å²) in [4.78, 5) is 12.5. The van der Waals surface area contributed by atoms with Crippen LogP contribution in [0.3, 0.4) is 0 Å². The second kappa shape index (κ2) is 9.10. The molecule has 0 unspecified atom stereocenters. The molecule has 0 radical (unpaired) electrons. The summed E-state index contributed by atoms with van der Waals surface area (Å²) in [5.74, 6) is -0.00961. The summed E-state index contributed by atoms with van der Waals surface area (Å²) in [6, 6.07) is 17.8. The Bertz CT molecular complexity index is 1290. The highest BCUT2D eigenvalue weighted by atomic mass is 19.1. The fraction of sp³-hybridized carbons (Fsp3) is 0.148. The lowest BCUT2D eigenvalue weighted by Crippen LogP contribution is -2.08. The minimum absolute atomic E-state index is 0.303. The predicted octanol–water partition coefficient (Wildman–Crippen LogP) is 6.99. The molecule has 0 bridgehead atoms. The van der Waals surface area contributed by atoms with E-state index in [1.165, 1.54) is 35.9 Å². The Hall–Kier alpha value is -3.86. The van der Waals surface area contributed by atoms with Crippen molar-refractivity contribution in [3.05, 3.63) is 89.9 Å². The summed E-state index contributed by atoms with van der Waals surface area (Å²) in [7, 11) is 0. The molecule has 4 rings (SSSR count). The van der Waals surface area contributed by atoms with Gasteiger partial charge in [0.15, 0.2) is 0 Å². The molecule has 32 heavy (non-hydrogen) atoms. The molecular weight excluding hydrogens is 405 g/mol. The third kappa shape index (κ3) is 4.57. The summed E-state index contributed by atoms with van der Waals surface area (Å²) in [5, 5.41) is 3.70. The maximum Gasteiger partial charge on any atom is 0.248 e. The van der Waals surface area contributed by atoms with Crippen molar-refractivity contribution in [1.29, 1.82) is 0 Å². The zero-order chi connectivity index (χ0) is 22.7. The van der Waals surface area contributed by atoms with E-state index in [9.17, 15) is 9.18 Å². The molecule has 162 valence electrons. The third-order valence-corrected chi connectivity index (χ3v) is 5.22. The van der Waals surface area contributed by atoms with Crippen LogP contribution in [0.4, 0.5) is 10.1 Å². The van der Waals surface area contributed by atoms with Crippen LogP contribution in [0.2, 0.25) is 0 Å². The van der Waals surface area contributed by atoms with E-state index in [1.807, 2.05) is 26.0 Å². The number of furan rings is 1. The van der Waals surface area contributed by atoms with E-state index in [0.29, 0.717) is 18.0 Å². The van der Waals surface area contributed by atoms with Gasteiger partial charge in [0.1, 0.15) is 17.1 Å². The van der Waals surface area contributed by atoms with E-state index in [0.717, 1.165) is 33.2 Å². The number of ether oxygens (including phenoxy) is 1. The van der Waals surface area contributed by atoms with Gasteiger partial charge in [-0.05, 0) is 62.2 Å². The SMILES string of the molecule is CCOc1cc2occ(-c3ccc(C)cc3)c2cc1/C(C)=C/C(=O)Nc1ccc(F)cc1. The molecule has 5 heteroatoms. The van der Waals surface area contributed by atoms with Crippen molar-refractivity contribution in [2.75, 3.05) is 11.9 Å². The number of halogens is 1. The first-order chi connectivity index (χ1) is 15.4. The highest BCUT2D eigenvalue weighted by Gasteiger charge is 2.15. The van der Waals surface area contributed by atoms with Crippen molar-refractivity contribution >= 4 is 28.1 Å². The molecule has 0 fully saturated rings. The van der Waals surface area contributed by atoms with E-state index in [1.54, 1.807) is 6.26 Å². The second-order valence-corrected chi connectivity index (χ2v) is 7.62.